The highest BCUT2D eigenvalue weighted by Gasteiger charge is 2.38. The lowest BCUT2D eigenvalue weighted by Gasteiger charge is -2.36. The first kappa shape index (κ1) is 16.7. The summed E-state index contributed by atoms with van der Waals surface area (Å²) in [5.41, 5.74) is -0.845. The molecule has 3 unspecified atom stereocenters. The van der Waals surface area contributed by atoms with E-state index in [1.807, 2.05) is 0 Å². The van der Waals surface area contributed by atoms with Crippen molar-refractivity contribution in [3.05, 3.63) is 0 Å². The minimum absolute atomic E-state index is 0.213. The Morgan fingerprint density at radius 3 is 2.71 bits per heavy atom. The van der Waals surface area contributed by atoms with Crippen molar-refractivity contribution in [3.63, 3.8) is 0 Å². The minimum Gasteiger partial charge on any atom is -0.388 e. The van der Waals surface area contributed by atoms with Crippen molar-refractivity contribution in [2.45, 2.75) is 57.1 Å². The molecule has 122 valence electrons. The van der Waals surface area contributed by atoms with Gasteiger partial charge in [-0.05, 0) is 31.6 Å². The Balaban J connectivity index is 1.92. The lowest BCUT2D eigenvalue weighted by atomic mass is 9.79. The Labute approximate surface area is 126 Å². The van der Waals surface area contributed by atoms with Gasteiger partial charge in [-0.15, -0.1) is 0 Å². The van der Waals surface area contributed by atoms with Crippen molar-refractivity contribution < 1.29 is 18.3 Å². The van der Waals surface area contributed by atoms with E-state index in [1.54, 1.807) is 0 Å². The Bertz CT molecular complexity index is 493. The number of amides is 1. The van der Waals surface area contributed by atoms with E-state index in [4.69, 9.17) is 0 Å². The first-order valence-electron chi connectivity index (χ1n) is 7.68. The van der Waals surface area contributed by atoms with Crippen LogP contribution in [0.1, 0.15) is 45.4 Å². The van der Waals surface area contributed by atoms with Crippen LogP contribution < -0.4 is 5.32 Å². The van der Waals surface area contributed by atoms with Crippen LogP contribution in [0.25, 0.3) is 0 Å². The van der Waals surface area contributed by atoms with Crippen molar-refractivity contribution in [1.29, 1.82) is 0 Å². The van der Waals surface area contributed by atoms with Gasteiger partial charge in [-0.25, -0.2) is 8.42 Å². The van der Waals surface area contributed by atoms with Gasteiger partial charge in [-0.2, -0.15) is 4.31 Å². The monoisotopic (exact) mass is 318 g/mol. The van der Waals surface area contributed by atoms with E-state index >= 15 is 0 Å². The summed E-state index contributed by atoms with van der Waals surface area (Å²) in [6.07, 6.45) is 5.84. The molecule has 0 aromatic carbocycles. The minimum atomic E-state index is -3.35. The van der Waals surface area contributed by atoms with Crippen LogP contribution in [0.15, 0.2) is 0 Å². The number of carbonyl (C=O) groups excluding carboxylic acids is 1. The molecule has 3 atom stereocenters. The van der Waals surface area contributed by atoms with Gasteiger partial charge in [-0.1, -0.05) is 19.8 Å². The average Bonchev–Trinajstić information content (AvgIpc) is 2.85. The van der Waals surface area contributed by atoms with Crippen molar-refractivity contribution in [1.82, 2.24) is 9.62 Å². The fourth-order valence-electron chi connectivity index (χ4n) is 3.56. The molecule has 1 aliphatic heterocycles. The number of nitrogens with zero attached hydrogens (tertiary/aromatic N) is 1. The zero-order valence-electron chi connectivity index (χ0n) is 12.8. The normalized spacial score (nSPS) is 34.8. The fraction of sp³-hybridized carbons (Fsp3) is 0.929. The van der Waals surface area contributed by atoms with Gasteiger partial charge in [0.1, 0.15) is 6.04 Å². The SMILES string of the molecule is CC1CCCC(O)(CNC(=O)C2CCCN2S(C)(=O)=O)C1. The molecule has 21 heavy (non-hydrogen) atoms. The molecule has 7 heteroatoms. The van der Waals surface area contributed by atoms with Gasteiger partial charge in [0.2, 0.25) is 15.9 Å². The summed E-state index contributed by atoms with van der Waals surface area (Å²) in [6, 6.07) is -0.621. The molecule has 2 rings (SSSR count). The maximum atomic E-state index is 12.2. The van der Waals surface area contributed by atoms with Gasteiger partial charge in [0, 0.05) is 13.1 Å². The van der Waals surface area contributed by atoms with Crippen LogP contribution in [0, 0.1) is 5.92 Å². The fourth-order valence-corrected chi connectivity index (χ4v) is 4.69. The molecule has 6 nitrogen and oxygen atoms in total. The molecule has 1 saturated heterocycles. The van der Waals surface area contributed by atoms with Gasteiger partial charge in [0.15, 0.2) is 0 Å². The molecule has 2 aliphatic rings. The molecule has 1 amide bonds. The molecule has 2 N–H and O–H groups in total. The van der Waals surface area contributed by atoms with E-state index in [0.717, 1.165) is 19.1 Å². The Morgan fingerprint density at radius 2 is 2.10 bits per heavy atom. The van der Waals surface area contributed by atoms with Crippen molar-refractivity contribution in [2.75, 3.05) is 19.3 Å². The predicted octanol–water partition coefficient (Wildman–Crippen LogP) is 0.468. The number of hydrogen-bond donors (Lipinski definition) is 2. The van der Waals surface area contributed by atoms with Crippen LogP contribution in [-0.4, -0.2) is 54.7 Å². The second kappa shape index (κ2) is 6.22. The van der Waals surface area contributed by atoms with Crippen LogP contribution in [0.5, 0.6) is 0 Å². The third-order valence-electron chi connectivity index (χ3n) is 4.59. The Kier molecular flexibility index (Phi) is 4.95. The number of aliphatic hydroxyl groups is 1. The van der Waals surface area contributed by atoms with E-state index in [0.29, 0.717) is 38.1 Å². The van der Waals surface area contributed by atoms with E-state index in [2.05, 4.69) is 12.2 Å². The van der Waals surface area contributed by atoms with Crippen LogP contribution in [0.4, 0.5) is 0 Å². The lowest BCUT2D eigenvalue weighted by molar-refractivity contribution is -0.126. The number of hydrogen-bond acceptors (Lipinski definition) is 4. The largest absolute Gasteiger partial charge is 0.388 e. The van der Waals surface area contributed by atoms with Crippen LogP contribution in [0.2, 0.25) is 0 Å². The van der Waals surface area contributed by atoms with Crippen LogP contribution in [0.3, 0.4) is 0 Å². The van der Waals surface area contributed by atoms with Gasteiger partial charge < -0.3 is 10.4 Å². The van der Waals surface area contributed by atoms with Crippen molar-refractivity contribution >= 4 is 15.9 Å². The molecule has 0 aromatic heterocycles. The average molecular weight is 318 g/mol. The molecule has 0 bridgehead atoms. The first-order chi connectivity index (χ1) is 9.71. The molecule has 1 saturated carbocycles. The van der Waals surface area contributed by atoms with E-state index < -0.39 is 21.7 Å². The third-order valence-corrected chi connectivity index (χ3v) is 5.88. The lowest BCUT2D eigenvalue weighted by Crippen LogP contribution is -2.51. The maximum absolute atomic E-state index is 12.2. The smallest absolute Gasteiger partial charge is 0.238 e. The van der Waals surface area contributed by atoms with Crippen LogP contribution in [-0.2, 0) is 14.8 Å². The van der Waals surface area contributed by atoms with Crippen LogP contribution >= 0.6 is 0 Å². The molecular formula is C14H26N2O4S. The topological polar surface area (TPSA) is 86.7 Å². The third kappa shape index (κ3) is 4.17. The molecular weight excluding hydrogens is 292 g/mol. The number of rotatable bonds is 4. The molecule has 1 heterocycles. The van der Waals surface area contributed by atoms with E-state index in [1.165, 1.54) is 4.31 Å². The summed E-state index contributed by atoms with van der Waals surface area (Å²) in [5, 5.41) is 13.3. The van der Waals surface area contributed by atoms with Crippen molar-refractivity contribution in [3.8, 4) is 0 Å². The zero-order chi connectivity index (χ0) is 15.7. The standard InChI is InChI=1S/C14H26N2O4S/c1-11-5-3-7-14(18,9-11)10-15-13(17)12-6-4-8-16(12)21(2,19)20/h11-12,18H,3-10H2,1-2H3,(H,15,17). The second-order valence-corrected chi connectivity index (χ2v) is 8.61. The summed E-state index contributed by atoms with van der Waals surface area (Å²) < 4.78 is 24.6. The Hall–Kier alpha value is -0.660. The summed E-state index contributed by atoms with van der Waals surface area (Å²) in [6.45, 7) is 2.72. The van der Waals surface area contributed by atoms with E-state index in [-0.39, 0.29) is 12.5 Å². The second-order valence-electron chi connectivity index (χ2n) is 6.68. The molecule has 0 aromatic rings. The molecule has 0 radical (unpaired) electrons. The first-order valence-corrected chi connectivity index (χ1v) is 9.53. The number of nitrogens with one attached hydrogen (secondary N) is 1. The summed E-state index contributed by atoms with van der Waals surface area (Å²) in [5.74, 6) is 0.171. The number of sulfonamides is 1. The zero-order valence-corrected chi connectivity index (χ0v) is 13.7. The van der Waals surface area contributed by atoms with Gasteiger partial charge >= 0.3 is 0 Å². The van der Waals surface area contributed by atoms with Gasteiger partial charge in [-0.3, -0.25) is 4.79 Å². The molecule has 0 spiro atoms. The highest BCUT2D eigenvalue weighted by atomic mass is 32.2. The molecule has 1 aliphatic carbocycles. The predicted molar refractivity (Wildman–Crippen MR) is 80.2 cm³/mol. The summed E-state index contributed by atoms with van der Waals surface area (Å²) >= 11 is 0. The Morgan fingerprint density at radius 1 is 1.38 bits per heavy atom. The van der Waals surface area contributed by atoms with E-state index in [9.17, 15) is 18.3 Å². The molecule has 2 fully saturated rings. The highest BCUT2D eigenvalue weighted by molar-refractivity contribution is 7.88. The maximum Gasteiger partial charge on any atom is 0.238 e. The van der Waals surface area contributed by atoms with Gasteiger partial charge in [0.05, 0.1) is 11.9 Å². The summed E-state index contributed by atoms with van der Waals surface area (Å²) in [7, 11) is -3.35. The van der Waals surface area contributed by atoms with Gasteiger partial charge in [0.25, 0.3) is 0 Å². The quantitative estimate of drug-likeness (QED) is 0.789. The summed E-state index contributed by atoms with van der Waals surface area (Å²) in [4.78, 5) is 12.2. The highest BCUT2D eigenvalue weighted by Crippen LogP contribution is 2.31. The number of carbonyl (C=O) groups is 1. The van der Waals surface area contributed by atoms with Crippen molar-refractivity contribution in [2.24, 2.45) is 5.92 Å².